The summed E-state index contributed by atoms with van der Waals surface area (Å²) in [5.41, 5.74) is 1.17. The molecule has 40 heavy (non-hydrogen) atoms. The third kappa shape index (κ3) is 4.79. The molecule has 12 nitrogen and oxygen atoms in total. The molecule has 2 aromatic rings. The number of thioether (sulfide) groups is 1. The van der Waals surface area contributed by atoms with Crippen molar-refractivity contribution >= 4 is 47.5 Å². The Morgan fingerprint density at radius 1 is 0.950 bits per heavy atom. The molecular formula is C27H25N5O7S. The van der Waals surface area contributed by atoms with E-state index in [4.69, 9.17) is 0 Å². The Bertz CT molecular complexity index is 1430. The van der Waals surface area contributed by atoms with E-state index in [0.717, 1.165) is 14.7 Å². The van der Waals surface area contributed by atoms with Crippen molar-refractivity contribution in [3.05, 3.63) is 83.1 Å². The topological polar surface area (TPSA) is 156 Å². The Hall–Kier alpha value is -4.65. The highest BCUT2D eigenvalue weighted by molar-refractivity contribution is 8.00. The molecule has 2 aromatic carbocycles. The predicted octanol–water partition coefficient (Wildman–Crippen LogP) is 1.77. The summed E-state index contributed by atoms with van der Waals surface area (Å²) in [5.74, 6) is -2.64. The van der Waals surface area contributed by atoms with Gasteiger partial charge in [0.2, 0.25) is 5.91 Å². The summed E-state index contributed by atoms with van der Waals surface area (Å²) in [4.78, 5) is 79.9. The number of nitrogens with one attached hydrogen (secondary N) is 2. The fraction of sp³-hybridized carbons (Fsp3) is 0.259. The van der Waals surface area contributed by atoms with E-state index in [1.54, 1.807) is 67.6 Å². The number of carbonyl (C=O) groups is 6. The second-order valence-electron chi connectivity index (χ2n) is 9.38. The smallest absolute Gasteiger partial charge is 0.352 e. The first kappa shape index (κ1) is 26.9. The minimum Gasteiger partial charge on any atom is -0.477 e. The standard InChI is InChI=1S/C27H25N5O7S/c1-15-14-40-24-19(23(35)32(24)20(15)25(36)37)28-21(33)18(16-8-4-2-5-9-16)29-26(38)31-13-12-30(27(31)39)22(34)17-10-6-3-7-11-17/h2-11,18-19,24H,12-14H2,1H3,(H,28,33)(H,29,38)(H,36,37)/t18-,19?,24-/m1/s1. The van der Waals surface area contributed by atoms with Gasteiger partial charge in [-0.3, -0.25) is 24.2 Å². The number of amides is 7. The number of benzene rings is 2. The molecule has 7 amide bonds. The summed E-state index contributed by atoms with van der Waals surface area (Å²) in [6.45, 7) is 1.57. The van der Waals surface area contributed by atoms with E-state index in [9.17, 15) is 33.9 Å². The molecular weight excluding hydrogens is 538 g/mol. The van der Waals surface area contributed by atoms with E-state index in [1.165, 1.54) is 11.8 Å². The minimum absolute atomic E-state index is 0.00760. The molecule has 0 bridgehead atoms. The first-order valence-corrected chi connectivity index (χ1v) is 13.5. The van der Waals surface area contributed by atoms with Gasteiger partial charge in [-0.25, -0.2) is 19.3 Å². The molecule has 3 aliphatic rings. The zero-order chi connectivity index (χ0) is 28.6. The zero-order valence-electron chi connectivity index (χ0n) is 21.3. The van der Waals surface area contributed by atoms with Crippen molar-refractivity contribution in [3.8, 4) is 0 Å². The van der Waals surface area contributed by atoms with Gasteiger partial charge in [-0.1, -0.05) is 48.5 Å². The number of fused-ring (bicyclic) bond motifs is 1. The average Bonchev–Trinajstić information content (AvgIpc) is 3.35. The Labute approximate surface area is 233 Å². The van der Waals surface area contributed by atoms with Gasteiger partial charge >= 0.3 is 18.0 Å². The molecule has 0 saturated carbocycles. The van der Waals surface area contributed by atoms with Crippen molar-refractivity contribution in [1.29, 1.82) is 0 Å². The van der Waals surface area contributed by atoms with Crippen LogP contribution in [-0.4, -0.2) is 85.8 Å². The van der Waals surface area contributed by atoms with Gasteiger partial charge in [0.25, 0.3) is 11.8 Å². The molecule has 3 heterocycles. The molecule has 1 unspecified atom stereocenters. The maximum Gasteiger partial charge on any atom is 0.352 e. The van der Waals surface area contributed by atoms with Crippen molar-refractivity contribution in [2.24, 2.45) is 0 Å². The van der Waals surface area contributed by atoms with Crippen molar-refractivity contribution in [1.82, 2.24) is 25.3 Å². The summed E-state index contributed by atoms with van der Waals surface area (Å²) < 4.78 is 0. The first-order valence-electron chi connectivity index (χ1n) is 12.4. The Kier molecular flexibility index (Phi) is 7.30. The van der Waals surface area contributed by atoms with Crippen LogP contribution in [0, 0.1) is 0 Å². The monoisotopic (exact) mass is 563 g/mol. The van der Waals surface area contributed by atoms with Crippen LogP contribution in [0.25, 0.3) is 0 Å². The fourth-order valence-electron chi connectivity index (χ4n) is 4.81. The number of carbonyl (C=O) groups excluding carboxylic acids is 5. The van der Waals surface area contributed by atoms with Crippen molar-refractivity contribution < 1.29 is 33.9 Å². The molecule has 3 aliphatic heterocycles. The second-order valence-corrected chi connectivity index (χ2v) is 10.5. The van der Waals surface area contributed by atoms with Gasteiger partial charge < -0.3 is 15.7 Å². The van der Waals surface area contributed by atoms with Gasteiger partial charge in [-0.15, -0.1) is 11.8 Å². The van der Waals surface area contributed by atoms with Crippen LogP contribution in [0.3, 0.4) is 0 Å². The lowest BCUT2D eigenvalue weighted by molar-refractivity contribution is -0.151. The highest BCUT2D eigenvalue weighted by Crippen LogP contribution is 2.40. The number of aliphatic carboxylic acids is 1. The molecule has 2 saturated heterocycles. The maximum atomic E-state index is 13.4. The van der Waals surface area contributed by atoms with E-state index in [-0.39, 0.29) is 18.8 Å². The number of rotatable bonds is 6. The predicted molar refractivity (Wildman–Crippen MR) is 143 cm³/mol. The quantitative estimate of drug-likeness (QED) is 0.449. The molecule has 3 N–H and O–H groups in total. The Morgan fingerprint density at radius 2 is 1.57 bits per heavy atom. The van der Waals surface area contributed by atoms with E-state index >= 15 is 0 Å². The number of hydrogen-bond donors (Lipinski definition) is 3. The second kappa shape index (κ2) is 10.8. The molecule has 0 radical (unpaired) electrons. The highest BCUT2D eigenvalue weighted by atomic mass is 32.2. The molecule has 0 spiro atoms. The number of carboxylic acid groups (broad SMARTS) is 1. The number of hydrogen-bond acceptors (Lipinski definition) is 7. The lowest BCUT2D eigenvalue weighted by Gasteiger charge is -2.49. The van der Waals surface area contributed by atoms with Crippen molar-refractivity contribution in [2.45, 2.75) is 24.4 Å². The van der Waals surface area contributed by atoms with Crippen molar-refractivity contribution in [2.75, 3.05) is 18.8 Å². The summed E-state index contributed by atoms with van der Waals surface area (Å²) >= 11 is 1.33. The number of β-lactam (4-membered cyclic amide) rings is 1. The van der Waals surface area contributed by atoms with Gasteiger partial charge in [0, 0.05) is 17.9 Å². The lowest BCUT2D eigenvalue weighted by Crippen LogP contribution is -2.71. The maximum absolute atomic E-state index is 13.4. The van der Waals surface area contributed by atoms with Crippen LogP contribution in [0.15, 0.2) is 71.9 Å². The molecule has 3 atom stereocenters. The SMILES string of the molecule is CC1=C(C(=O)O)N2C(=O)C(NC(=O)[C@H](NC(=O)N3CCN(C(=O)c4ccccc4)C3=O)c3ccccc3)[C@H]2SC1. The largest absolute Gasteiger partial charge is 0.477 e. The van der Waals surface area contributed by atoms with E-state index in [0.29, 0.717) is 22.5 Å². The molecule has 5 rings (SSSR count). The molecule has 0 aliphatic carbocycles. The van der Waals surface area contributed by atoms with Gasteiger partial charge in [0.05, 0.1) is 6.54 Å². The number of urea groups is 2. The molecule has 2 fully saturated rings. The molecule has 13 heteroatoms. The third-order valence-electron chi connectivity index (χ3n) is 6.84. The van der Waals surface area contributed by atoms with Gasteiger partial charge in [0.15, 0.2) is 0 Å². The normalized spacial score (nSPS) is 21.0. The van der Waals surface area contributed by atoms with Crippen LogP contribution in [0.5, 0.6) is 0 Å². The number of nitrogens with zero attached hydrogens (tertiary/aromatic N) is 3. The zero-order valence-corrected chi connectivity index (χ0v) is 22.1. The fourth-order valence-corrected chi connectivity index (χ4v) is 6.10. The third-order valence-corrected chi connectivity index (χ3v) is 8.27. The van der Waals surface area contributed by atoms with Crippen LogP contribution < -0.4 is 10.6 Å². The van der Waals surface area contributed by atoms with Crippen LogP contribution in [-0.2, 0) is 14.4 Å². The molecule has 0 aromatic heterocycles. The van der Waals surface area contributed by atoms with Crippen LogP contribution in [0.1, 0.15) is 28.9 Å². The molecule has 206 valence electrons. The van der Waals surface area contributed by atoms with Crippen molar-refractivity contribution in [3.63, 3.8) is 0 Å². The van der Waals surface area contributed by atoms with Gasteiger partial charge in [0.1, 0.15) is 23.2 Å². The summed E-state index contributed by atoms with van der Waals surface area (Å²) in [5, 5.41) is 14.1. The first-order chi connectivity index (χ1) is 19.2. The van der Waals surface area contributed by atoms with Gasteiger partial charge in [-0.05, 0) is 30.2 Å². The summed E-state index contributed by atoms with van der Waals surface area (Å²) in [6, 6.07) is 12.5. The highest BCUT2D eigenvalue weighted by Gasteiger charge is 2.54. The average molecular weight is 564 g/mol. The summed E-state index contributed by atoms with van der Waals surface area (Å²) in [7, 11) is 0. The van der Waals surface area contributed by atoms with Gasteiger partial charge in [-0.2, -0.15) is 0 Å². The van der Waals surface area contributed by atoms with E-state index in [1.807, 2.05) is 0 Å². The summed E-state index contributed by atoms with van der Waals surface area (Å²) in [6.07, 6.45) is 0. The van der Waals surface area contributed by atoms with Crippen LogP contribution in [0.4, 0.5) is 9.59 Å². The number of carboxylic acids is 1. The lowest BCUT2D eigenvalue weighted by atomic mass is 10.0. The number of imide groups is 2. The van der Waals surface area contributed by atoms with Crippen LogP contribution >= 0.6 is 11.8 Å². The Morgan fingerprint density at radius 3 is 2.23 bits per heavy atom. The Balaban J connectivity index is 1.30. The minimum atomic E-state index is -1.27. The van der Waals surface area contributed by atoms with E-state index in [2.05, 4.69) is 10.6 Å². The van der Waals surface area contributed by atoms with E-state index < -0.39 is 53.2 Å². The van der Waals surface area contributed by atoms with Crippen LogP contribution in [0.2, 0.25) is 0 Å².